The summed E-state index contributed by atoms with van der Waals surface area (Å²) in [4.78, 5) is 17.6. The standard InChI is InChI=1S/C17H24N2O.H2/c1-5-9-19(6-2)17(20)16-11-14-8-7-13(12(3)4)10-15(14)18-16;/h7-8,10-12,18H,5-6,9H2,1-4H3;1H. The van der Waals surface area contributed by atoms with Crippen LogP contribution < -0.4 is 0 Å². The predicted octanol–water partition coefficient (Wildman–Crippen LogP) is 4.41. The van der Waals surface area contributed by atoms with Crippen LogP contribution in [0.25, 0.3) is 10.9 Å². The van der Waals surface area contributed by atoms with Gasteiger partial charge in [0.05, 0.1) is 0 Å². The van der Waals surface area contributed by atoms with E-state index in [0.29, 0.717) is 11.6 Å². The summed E-state index contributed by atoms with van der Waals surface area (Å²) < 4.78 is 0. The fourth-order valence-corrected chi connectivity index (χ4v) is 2.46. The van der Waals surface area contributed by atoms with Gasteiger partial charge in [-0.05, 0) is 37.0 Å². The summed E-state index contributed by atoms with van der Waals surface area (Å²) in [7, 11) is 0. The van der Waals surface area contributed by atoms with E-state index < -0.39 is 0 Å². The van der Waals surface area contributed by atoms with Crippen LogP contribution in [0, 0.1) is 0 Å². The molecule has 3 heteroatoms. The molecule has 0 fully saturated rings. The average Bonchev–Trinajstić information content (AvgIpc) is 2.86. The van der Waals surface area contributed by atoms with Crippen LogP contribution in [-0.2, 0) is 0 Å². The van der Waals surface area contributed by atoms with E-state index in [1.54, 1.807) is 0 Å². The number of benzene rings is 1. The molecule has 1 heterocycles. The van der Waals surface area contributed by atoms with Gasteiger partial charge in [-0.2, -0.15) is 0 Å². The summed E-state index contributed by atoms with van der Waals surface area (Å²) in [6.07, 6.45) is 0.983. The van der Waals surface area contributed by atoms with Gasteiger partial charge in [-0.3, -0.25) is 4.79 Å². The van der Waals surface area contributed by atoms with Crippen LogP contribution >= 0.6 is 0 Å². The molecule has 3 nitrogen and oxygen atoms in total. The van der Waals surface area contributed by atoms with Crippen LogP contribution in [0.3, 0.4) is 0 Å². The first kappa shape index (κ1) is 14.6. The molecular weight excluding hydrogens is 248 g/mol. The Labute approximate surface area is 122 Å². The third-order valence-corrected chi connectivity index (χ3v) is 3.71. The number of rotatable bonds is 5. The van der Waals surface area contributed by atoms with Crippen LogP contribution in [0.15, 0.2) is 24.3 Å². The Morgan fingerprint density at radius 1 is 1.30 bits per heavy atom. The van der Waals surface area contributed by atoms with E-state index in [2.05, 4.69) is 44.0 Å². The van der Waals surface area contributed by atoms with E-state index in [-0.39, 0.29) is 7.33 Å². The second kappa shape index (κ2) is 6.12. The third kappa shape index (κ3) is 2.87. The summed E-state index contributed by atoms with van der Waals surface area (Å²) in [5, 5.41) is 1.10. The minimum absolute atomic E-state index is 0. The van der Waals surface area contributed by atoms with Gasteiger partial charge in [-0.15, -0.1) is 0 Å². The molecule has 0 spiro atoms. The number of amides is 1. The van der Waals surface area contributed by atoms with Crippen LogP contribution in [0.5, 0.6) is 0 Å². The van der Waals surface area contributed by atoms with Crippen molar-refractivity contribution in [2.75, 3.05) is 13.1 Å². The number of carbonyl (C=O) groups excluding carboxylic acids is 1. The quantitative estimate of drug-likeness (QED) is 0.861. The van der Waals surface area contributed by atoms with Crippen molar-refractivity contribution < 1.29 is 6.22 Å². The Bertz CT molecular complexity index is 604. The summed E-state index contributed by atoms with van der Waals surface area (Å²) in [5.74, 6) is 0.589. The van der Waals surface area contributed by atoms with Gasteiger partial charge in [0, 0.05) is 25.4 Å². The van der Waals surface area contributed by atoms with Gasteiger partial charge in [0.25, 0.3) is 5.91 Å². The Morgan fingerprint density at radius 2 is 2.05 bits per heavy atom. The fourth-order valence-electron chi connectivity index (χ4n) is 2.46. The number of nitrogens with zero attached hydrogens (tertiary/aromatic N) is 1. The van der Waals surface area contributed by atoms with E-state index in [1.165, 1.54) is 5.56 Å². The Balaban J connectivity index is 0.00000220. The van der Waals surface area contributed by atoms with E-state index >= 15 is 0 Å². The van der Waals surface area contributed by atoms with Crippen molar-refractivity contribution in [3.8, 4) is 0 Å². The van der Waals surface area contributed by atoms with E-state index in [1.807, 2.05) is 17.9 Å². The van der Waals surface area contributed by atoms with Crippen molar-refractivity contribution in [2.24, 2.45) is 0 Å². The summed E-state index contributed by atoms with van der Waals surface area (Å²) >= 11 is 0. The van der Waals surface area contributed by atoms with Crippen molar-refractivity contribution in [2.45, 2.75) is 40.0 Å². The first-order valence-corrected chi connectivity index (χ1v) is 7.48. The highest BCUT2D eigenvalue weighted by Crippen LogP contribution is 2.22. The van der Waals surface area contributed by atoms with Gasteiger partial charge in [-0.1, -0.05) is 32.9 Å². The van der Waals surface area contributed by atoms with Crippen LogP contribution in [0.1, 0.15) is 57.5 Å². The molecule has 0 atom stereocenters. The molecule has 0 aliphatic rings. The first-order chi connectivity index (χ1) is 9.56. The number of hydrogen-bond donors (Lipinski definition) is 1. The van der Waals surface area contributed by atoms with Crippen LogP contribution in [-0.4, -0.2) is 28.9 Å². The minimum atomic E-state index is 0. The van der Waals surface area contributed by atoms with Crippen molar-refractivity contribution in [1.29, 1.82) is 0 Å². The molecule has 1 amide bonds. The molecule has 0 radical (unpaired) electrons. The van der Waals surface area contributed by atoms with Gasteiger partial charge in [0.2, 0.25) is 0 Å². The molecule has 110 valence electrons. The SMILES string of the molecule is CCCN(CC)C(=O)c1cc2ccc(C(C)C)cc2[nH]1.[HH]. The lowest BCUT2D eigenvalue weighted by atomic mass is 10.0. The molecule has 20 heavy (non-hydrogen) atoms. The van der Waals surface area contributed by atoms with Crippen molar-refractivity contribution >= 4 is 16.8 Å². The first-order valence-electron chi connectivity index (χ1n) is 7.48. The maximum atomic E-state index is 12.4. The Kier molecular flexibility index (Phi) is 4.48. The normalized spacial score (nSPS) is 11.2. The van der Waals surface area contributed by atoms with Gasteiger partial charge < -0.3 is 9.88 Å². The predicted molar refractivity (Wildman–Crippen MR) is 86.4 cm³/mol. The van der Waals surface area contributed by atoms with Crippen molar-refractivity contribution in [3.63, 3.8) is 0 Å². The lowest BCUT2D eigenvalue weighted by Crippen LogP contribution is -2.31. The number of H-pyrrole nitrogens is 1. The van der Waals surface area contributed by atoms with E-state index in [4.69, 9.17) is 0 Å². The zero-order valence-corrected chi connectivity index (χ0v) is 12.9. The molecule has 2 aromatic rings. The van der Waals surface area contributed by atoms with Gasteiger partial charge >= 0.3 is 0 Å². The molecule has 0 saturated carbocycles. The highest BCUT2D eigenvalue weighted by molar-refractivity contribution is 5.98. The molecule has 0 bridgehead atoms. The van der Waals surface area contributed by atoms with Crippen molar-refractivity contribution in [3.05, 3.63) is 35.5 Å². The van der Waals surface area contributed by atoms with E-state index in [9.17, 15) is 4.79 Å². The average molecular weight is 274 g/mol. The van der Waals surface area contributed by atoms with Crippen LogP contribution in [0.2, 0.25) is 0 Å². The summed E-state index contributed by atoms with van der Waals surface area (Å²) in [5.41, 5.74) is 3.03. The zero-order valence-electron chi connectivity index (χ0n) is 12.9. The molecule has 0 unspecified atom stereocenters. The molecular formula is C17H26N2O. The maximum absolute atomic E-state index is 12.4. The highest BCUT2D eigenvalue weighted by atomic mass is 16.2. The van der Waals surface area contributed by atoms with Gasteiger partial charge in [-0.25, -0.2) is 0 Å². The second-order valence-electron chi connectivity index (χ2n) is 5.57. The zero-order chi connectivity index (χ0) is 14.7. The number of fused-ring (bicyclic) bond motifs is 1. The molecule has 1 N–H and O–H groups in total. The molecule has 0 aliphatic heterocycles. The maximum Gasteiger partial charge on any atom is 0.270 e. The highest BCUT2D eigenvalue weighted by Gasteiger charge is 2.15. The van der Waals surface area contributed by atoms with E-state index in [0.717, 1.165) is 30.4 Å². The number of carbonyl (C=O) groups is 1. The molecule has 0 aliphatic carbocycles. The van der Waals surface area contributed by atoms with Gasteiger partial charge in [0.1, 0.15) is 5.69 Å². The van der Waals surface area contributed by atoms with Crippen LogP contribution in [0.4, 0.5) is 0 Å². The molecule has 1 aromatic heterocycles. The number of nitrogens with one attached hydrogen (secondary N) is 1. The summed E-state index contributed by atoms with van der Waals surface area (Å²) in [6, 6.07) is 8.33. The number of aromatic nitrogens is 1. The Morgan fingerprint density at radius 3 is 2.65 bits per heavy atom. The lowest BCUT2D eigenvalue weighted by Gasteiger charge is -2.18. The smallest absolute Gasteiger partial charge is 0.270 e. The van der Waals surface area contributed by atoms with Gasteiger partial charge in [0.15, 0.2) is 0 Å². The lowest BCUT2D eigenvalue weighted by molar-refractivity contribution is 0.0759. The molecule has 1 aromatic carbocycles. The topological polar surface area (TPSA) is 36.1 Å². The molecule has 0 saturated heterocycles. The van der Waals surface area contributed by atoms with Crippen molar-refractivity contribution in [1.82, 2.24) is 9.88 Å². The molecule has 2 rings (SSSR count). The largest absolute Gasteiger partial charge is 0.351 e. The second-order valence-corrected chi connectivity index (χ2v) is 5.57. The minimum Gasteiger partial charge on any atom is -0.351 e. The third-order valence-electron chi connectivity index (χ3n) is 3.71. The monoisotopic (exact) mass is 274 g/mol. The number of hydrogen-bond acceptors (Lipinski definition) is 1. The number of aromatic amines is 1. The summed E-state index contributed by atoms with van der Waals surface area (Å²) in [6.45, 7) is 10.0. The fraction of sp³-hybridized carbons (Fsp3) is 0.471. The Hall–Kier alpha value is -1.77.